The number of benzene rings is 2. The number of methoxy groups -OCH3 is 1. The summed E-state index contributed by atoms with van der Waals surface area (Å²) in [5.74, 6) is -1.10. The summed E-state index contributed by atoms with van der Waals surface area (Å²) in [5.41, 5.74) is 0.595. The molecule has 31 heavy (non-hydrogen) atoms. The number of piperazine rings is 1. The van der Waals surface area contributed by atoms with E-state index >= 15 is 0 Å². The summed E-state index contributed by atoms with van der Waals surface area (Å²) in [4.78, 5) is 15.5. The lowest BCUT2D eigenvalue weighted by atomic mass is 10.1. The zero-order valence-corrected chi connectivity index (χ0v) is 17.5. The summed E-state index contributed by atoms with van der Waals surface area (Å²) in [7, 11) is -2.73. The topological polar surface area (TPSA) is 74.3 Å². The second kappa shape index (κ2) is 11.1. The van der Waals surface area contributed by atoms with Gasteiger partial charge in [-0.05, 0) is 37.1 Å². The first kappa shape index (κ1) is 13.1. The maximum absolute atomic E-state index is 13.0. The molecule has 1 atom stereocenters. The predicted molar refractivity (Wildman–Crippen MR) is 122 cm³/mol. The van der Waals surface area contributed by atoms with Crippen molar-refractivity contribution in [3.05, 3.63) is 53.5 Å². The number of ether oxygens (including phenoxy) is 2. The van der Waals surface area contributed by atoms with Gasteiger partial charge in [-0.25, -0.2) is 0 Å². The largest absolute Gasteiger partial charge is 0.493 e. The predicted octanol–water partition coefficient (Wildman–Crippen LogP) is 2.31. The molecular weight excluding hydrogens is 394 g/mol. The van der Waals surface area contributed by atoms with E-state index in [-0.39, 0.29) is 72.6 Å². The van der Waals surface area contributed by atoms with E-state index in [1.54, 1.807) is 6.07 Å². The Hall–Kier alpha value is -2.61. The summed E-state index contributed by atoms with van der Waals surface area (Å²) in [6, 6.07) is 5.15. The molecule has 2 aromatic carbocycles. The second-order valence-corrected chi connectivity index (χ2v) is 7.04. The van der Waals surface area contributed by atoms with Crippen LogP contribution in [-0.4, -0.2) is 79.7 Å². The molecule has 0 aromatic heterocycles. The maximum Gasteiger partial charge on any atom is 0.238 e. The summed E-state index contributed by atoms with van der Waals surface area (Å²) in [5, 5.41) is 13.1. The molecule has 1 aliphatic rings. The third kappa shape index (κ3) is 6.69. The van der Waals surface area contributed by atoms with Gasteiger partial charge in [0.05, 0.1) is 24.5 Å². The molecule has 2 N–H and O–H groups in total. The van der Waals surface area contributed by atoms with Gasteiger partial charge in [0, 0.05) is 41.1 Å². The van der Waals surface area contributed by atoms with Crippen LogP contribution >= 0.6 is 0 Å². The van der Waals surface area contributed by atoms with Gasteiger partial charge in [0.15, 0.2) is 11.5 Å². The van der Waals surface area contributed by atoms with Gasteiger partial charge in [0.2, 0.25) is 5.91 Å². The number of rotatable bonds is 9. The van der Waals surface area contributed by atoms with Crippen LogP contribution in [0.15, 0.2) is 42.4 Å². The Morgan fingerprint density at radius 3 is 2.52 bits per heavy atom. The van der Waals surface area contributed by atoms with E-state index in [1.165, 1.54) is 41.8 Å². The van der Waals surface area contributed by atoms with Crippen LogP contribution in [0.2, 0.25) is 0 Å². The fourth-order valence-electron chi connectivity index (χ4n) is 3.12. The normalized spacial score (nSPS) is 22.0. The Bertz CT molecular complexity index is 1240. The first-order chi connectivity index (χ1) is 18.9. The van der Waals surface area contributed by atoms with Gasteiger partial charge in [-0.2, -0.15) is 0 Å². The average molecular weight is 438 g/mol. The number of hydrogen-bond donors (Lipinski definition) is 2. The van der Waals surface area contributed by atoms with Gasteiger partial charge >= 0.3 is 0 Å². The van der Waals surface area contributed by atoms with Crippen molar-refractivity contribution in [2.24, 2.45) is 0 Å². The lowest BCUT2D eigenvalue weighted by Crippen LogP contribution is -2.50. The molecular formula is C24H33N3O4. The molecule has 3 rings (SSSR count). The van der Waals surface area contributed by atoms with E-state index in [1.807, 2.05) is 0 Å². The van der Waals surface area contributed by atoms with E-state index < -0.39 is 38.6 Å². The fourth-order valence-corrected chi connectivity index (χ4v) is 3.12. The zero-order valence-electron chi connectivity index (χ0n) is 27.5. The monoisotopic (exact) mass is 437 g/mol. The molecule has 168 valence electrons. The third-order valence-corrected chi connectivity index (χ3v) is 4.72. The van der Waals surface area contributed by atoms with Crippen LogP contribution in [0, 0.1) is 13.8 Å². The number of nitrogens with one attached hydrogen (secondary N) is 1. The molecule has 0 radical (unpaired) electrons. The summed E-state index contributed by atoms with van der Waals surface area (Å²) in [6.07, 6.45) is -1.67. The molecule has 7 nitrogen and oxygen atoms in total. The molecule has 1 fully saturated rings. The number of hydrogen-bond acceptors (Lipinski definition) is 6. The minimum Gasteiger partial charge on any atom is -0.493 e. The molecule has 0 aliphatic carbocycles. The molecule has 7 heteroatoms. The number of para-hydroxylation sites is 3. The standard InChI is InChI=1S/C24H33N3O4/c1-18-7-6-8-19(2)24(18)25-23(29)16-27-13-11-26(12-14-27)15-20(28)17-31-22-10-5-4-9-21(22)30-3/h4-10,20,28H,11-17H2,1-3H3,(H,25,29)/i3D3,6D,7D,8D,15D2,16D2. The van der Waals surface area contributed by atoms with Crippen molar-refractivity contribution in [1.82, 2.24) is 9.80 Å². The van der Waals surface area contributed by atoms with Crippen LogP contribution in [0.1, 0.15) is 24.8 Å². The number of carbonyl (C=O) groups excluding carboxylic acids is 1. The highest BCUT2D eigenvalue weighted by molar-refractivity contribution is 5.93. The molecule has 1 heterocycles. The van der Waals surface area contributed by atoms with Crippen molar-refractivity contribution >= 4 is 11.6 Å². The van der Waals surface area contributed by atoms with Crippen LogP contribution in [0.5, 0.6) is 11.5 Å². The smallest absolute Gasteiger partial charge is 0.238 e. The Balaban J connectivity index is 1.63. The van der Waals surface area contributed by atoms with Crippen molar-refractivity contribution in [2.45, 2.75) is 20.0 Å². The van der Waals surface area contributed by atoms with Gasteiger partial charge in [-0.1, -0.05) is 30.3 Å². The minimum atomic E-state index is -2.73. The molecule has 1 aliphatic heterocycles. The first-order valence-electron chi connectivity index (χ1n) is 14.8. The third-order valence-electron chi connectivity index (χ3n) is 4.72. The molecule has 0 saturated carbocycles. The maximum atomic E-state index is 13.0. The van der Waals surface area contributed by atoms with Crippen LogP contribution in [0.4, 0.5) is 5.69 Å². The highest BCUT2D eigenvalue weighted by atomic mass is 16.5. The Morgan fingerprint density at radius 2 is 1.84 bits per heavy atom. The number of anilines is 1. The zero-order chi connectivity index (χ0) is 30.9. The summed E-state index contributed by atoms with van der Waals surface area (Å²) >= 11 is 0. The molecule has 2 aromatic rings. The highest BCUT2D eigenvalue weighted by Crippen LogP contribution is 2.25. The number of aliphatic hydroxyl groups excluding tert-OH is 1. The minimum absolute atomic E-state index is 0.0143. The van der Waals surface area contributed by atoms with Gasteiger partial charge in [0.25, 0.3) is 0 Å². The van der Waals surface area contributed by atoms with Gasteiger partial charge in [0.1, 0.15) is 12.7 Å². The SMILES string of the molecule is [2H]c1c([2H])c(C)c(NC(=O)C([2H])([2H])N2CCN(C([2H])([2H])C(O)COc3ccccc3OC([2H])([2H])[2H])CC2)c(C)c1[2H]. The summed E-state index contributed by atoms with van der Waals surface area (Å²) < 4.78 is 89.7. The van der Waals surface area contributed by atoms with E-state index in [9.17, 15) is 9.90 Å². The average Bonchev–Trinajstić information content (AvgIpc) is 2.91. The number of amides is 1. The lowest BCUT2D eigenvalue weighted by molar-refractivity contribution is -0.117. The van der Waals surface area contributed by atoms with Crippen LogP contribution in [0.3, 0.4) is 0 Å². The number of aliphatic hydroxyl groups is 1. The Morgan fingerprint density at radius 1 is 1.19 bits per heavy atom. The van der Waals surface area contributed by atoms with Crippen molar-refractivity contribution in [3.8, 4) is 11.5 Å². The van der Waals surface area contributed by atoms with E-state index in [2.05, 4.69) is 5.32 Å². The fraction of sp³-hybridized carbons (Fsp3) is 0.458. The molecule has 1 unspecified atom stereocenters. The van der Waals surface area contributed by atoms with Crippen LogP contribution < -0.4 is 14.8 Å². The first-order valence-corrected chi connectivity index (χ1v) is 9.85. The number of β-amino-alcohol motifs (C(OH)–C–C–N with tert-alkyl or cyclic N) is 1. The van der Waals surface area contributed by atoms with Crippen molar-refractivity contribution in [2.75, 3.05) is 58.1 Å². The van der Waals surface area contributed by atoms with Gasteiger partial charge in [-0.15, -0.1) is 0 Å². The molecule has 0 bridgehead atoms. The lowest BCUT2D eigenvalue weighted by Gasteiger charge is -2.35. The Labute approximate surface area is 198 Å². The van der Waals surface area contributed by atoms with E-state index in [0.29, 0.717) is 0 Å². The van der Waals surface area contributed by atoms with Crippen molar-refractivity contribution < 1.29 is 33.1 Å². The van der Waals surface area contributed by atoms with E-state index in [0.717, 1.165) is 0 Å². The van der Waals surface area contributed by atoms with Gasteiger partial charge in [-0.3, -0.25) is 14.6 Å². The number of carbonyl (C=O) groups is 1. The van der Waals surface area contributed by atoms with Gasteiger partial charge < -0.3 is 19.9 Å². The van der Waals surface area contributed by atoms with Crippen LogP contribution in [-0.2, 0) is 4.79 Å². The summed E-state index contributed by atoms with van der Waals surface area (Å²) in [6.45, 7) is -2.51. The molecule has 0 spiro atoms. The quantitative estimate of drug-likeness (QED) is 0.627. The van der Waals surface area contributed by atoms with Crippen molar-refractivity contribution in [1.29, 1.82) is 0 Å². The highest BCUT2D eigenvalue weighted by Gasteiger charge is 2.21. The Kier molecular flexibility index (Phi) is 4.69. The van der Waals surface area contributed by atoms with Crippen LogP contribution in [0.25, 0.3) is 0 Å². The second-order valence-electron chi connectivity index (χ2n) is 7.04. The molecule has 1 saturated heterocycles. The van der Waals surface area contributed by atoms with E-state index in [4.69, 9.17) is 23.2 Å². The number of nitrogens with zero attached hydrogens (tertiary/aromatic N) is 2. The molecule has 1 amide bonds. The van der Waals surface area contributed by atoms with Crippen molar-refractivity contribution in [3.63, 3.8) is 0 Å².